The van der Waals surface area contributed by atoms with Gasteiger partial charge in [0.2, 0.25) is 0 Å². The van der Waals surface area contributed by atoms with Gasteiger partial charge in [-0.15, -0.1) is 0 Å². The summed E-state index contributed by atoms with van der Waals surface area (Å²) in [4.78, 5) is 14.7. The van der Waals surface area contributed by atoms with Gasteiger partial charge >= 0.3 is 8.18 Å². The molecule has 0 aliphatic rings. The maximum Gasteiger partial charge on any atom is 0.664 e. The van der Waals surface area contributed by atoms with Crippen LogP contribution >= 0.6 is 8.18 Å². The fraction of sp³-hybridized carbons (Fsp3) is 0.222. The topological polar surface area (TPSA) is 76.7 Å². The first-order valence-corrected chi connectivity index (χ1v) is 5.65. The van der Waals surface area contributed by atoms with Gasteiger partial charge in [0.1, 0.15) is 6.29 Å². The van der Waals surface area contributed by atoms with E-state index in [1.807, 2.05) is 0 Å². The Morgan fingerprint density at radius 3 is 2.62 bits per heavy atom. The molecule has 0 radical (unpaired) electrons. The molecule has 1 aromatic rings. The lowest BCUT2D eigenvalue weighted by Gasteiger charge is -2.01. The average molecular weight is 243 g/mol. The van der Waals surface area contributed by atoms with Gasteiger partial charge in [-0.1, -0.05) is 5.09 Å². The molecule has 1 unspecified atom stereocenters. The van der Waals surface area contributed by atoms with Crippen molar-refractivity contribution in [2.24, 2.45) is 0 Å². The summed E-state index contributed by atoms with van der Waals surface area (Å²) in [6.07, 6.45) is 0.613. The Hall–Kier alpha value is -1.49. The molecule has 2 N–H and O–H groups in total. The van der Waals surface area contributed by atoms with Gasteiger partial charge in [0, 0.05) is 4.57 Å². The van der Waals surface area contributed by atoms with Crippen molar-refractivity contribution < 1.29 is 18.7 Å². The molecule has 1 rings (SSSR count). The van der Waals surface area contributed by atoms with Crippen LogP contribution in [-0.4, -0.2) is 19.9 Å². The highest BCUT2D eigenvalue weighted by Gasteiger charge is 2.17. The van der Waals surface area contributed by atoms with Crippen LogP contribution in [0.5, 0.6) is 5.75 Å². The van der Waals surface area contributed by atoms with Crippen molar-refractivity contribution in [1.82, 2.24) is 5.09 Å². The van der Waals surface area contributed by atoms with Gasteiger partial charge in [0.05, 0.1) is 19.3 Å². The quantitative estimate of drug-likeness (QED) is 0.429. The summed E-state index contributed by atoms with van der Waals surface area (Å²) in [6, 6.07) is 6.69. The first-order valence-electron chi connectivity index (χ1n) is 4.47. The minimum atomic E-state index is -2.06. The number of carbonyl (C=O) groups excluding carboxylic acids is 1. The van der Waals surface area contributed by atoms with Gasteiger partial charge in [-0.2, -0.15) is 0 Å². The summed E-state index contributed by atoms with van der Waals surface area (Å²) in [5.74, 6) is 0.446. The molecule has 0 heterocycles. The van der Waals surface area contributed by atoms with Crippen LogP contribution in [-0.2, 0) is 14.2 Å². The predicted octanol–water partition coefficient (Wildman–Crippen LogP) is 1.48. The molecule has 0 bridgehead atoms. The van der Waals surface area contributed by atoms with Crippen LogP contribution in [0.4, 0.5) is 5.69 Å². The van der Waals surface area contributed by atoms with Gasteiger partial charge in [-0.25, -0.2) is 4.52 Å². The van der Waals surface area contributed by atoms with E-state index in [1.165, 1.54) is 7.11 Å². The highest BCUT2D eigenvalue weighted by atomic mass is 31.1. The number of aldehydes is 1. The van der Waals surface area contributed by atoms with Crippen molar-refractivity contribution in [3.05, 3.63) is 24.3 Å². The second-order valence-corrected chi connectivity index (χ2v) is 3.72. The van der Waals surface area contributed by atoms with Gasteiger partial charge < -0.3 is 4.79 Å². The van der Waals surface area contributed by atoms with Crippen molar-refractivity contribution in [1.29, 1.82) is 0 Å². The van der Waals surface area contributed by atoms with E-state index in [-0.39, 0.29) is 6.54 Å². The van der Waals surface area contributed by atoms with Gasteiger partial charge in [0.25, 0.3) is 0 Å². The van der Waals surface area contributed by atoms with E-state index in [2.05, 4.69) is 10.6 Å². The summed E-state index contributed by atoms with van der Waals surface area (Å²) >= 11 is 0. The van der Waals surface area contributed by atoms with E-state index in [4.69, 9.17) is 9.36 Å². The van der Waals surface area contributed by atoms with E-state index < -0.39 is 8.18 Å². The van der Waals surface area contributed by atoms with E-state index >= 15 is 0 Å². The number of nitrogens with one attached hydrogen (secondary N) is 2. The second-order valence-electron chi connectivity index (χ2n) is 2.71. The molecule has 0 fully saturated rings. The predicted molar refractivity (Wildman–Crippen MR) is 59.4 cm³/mol. The third kappa shape index (κ3) is 4.35. The standard InChI is InChI=1S/C9H12N2O4P/c1-14-11-8-2-4-9(5-3-8)15-16(13)10-6-7-12/h2-5,7,11H,6H2,1H3,(H,10,13)/q+1. The molecule has 1 aromatic carbocycles. The van der Waals surface area contributed by atoms with E-state index in [0.29, 0.717) is 12.0 Å². The normalized spacial score (nSPS) is 10.7. The summed E-state index contributed by atoms with van der Waals surface area (Å²) in [6.45, 7) is -0.00147. The molecule has 0 aliphatic heterocycles. The first kappa shape index (κ1) is 12.6. The second kappa shape index (κ2) is 6.90. The van der Waals surface area contributed by atoms with Crippen LogP contribution in [0.2, 0.25) is 0 Å². The van der Waals surface area contributed by atoms with E-state index in [0.717, 1.165) is 5.69 Å². The molecule has 86 valence electrons. The zero-order chi connectivity index (χ0) is 11.8. The van der Waals surface area contributed by atoms with Crippen LogP contribution in [0, 0.1) is 0 Å². The molecule has 1 atom stereocenters. The van der Waals surface area contributed by atoms with Crippen molar-refractivity contribution in [2.75, 3.05) is 19.1 Å². The molecule has 0 amide bonds. The molecule has 0 saturated heterocycles. The Morgan fingerprint density at radius 1 is 1.38 bits per heavy atom. The lowest BCUT2D eigenvalue weighted by Crippen LogP contribution is -2.08. The monoisotopic (exact) mass is 243 g/mol. The Balaban J connectivity index is 2.48. The highest BCUT2D eigenvalue weighted by Crippen LogP contribution is 2.24. The molecule has 0 aromatic heterocycles. The number of benzene rings is 1. The summed E-state index contributed by atoms with van der Waals surface area (Å²) < 4.78 is 16.2. The number of carbonyl (C=O) groups is 1. The molecule has 6 nitrogen and oxygen atoms in total. The Morgan fingerprint density at radius 2 is 2.06 bits per heavy atom. The average Bonchev–Trinajstić information content (AvgIpc) is 2.29. The Labute approximate surface area is 93.8 Å². The fourth-order valence-corrected chi connectivity index (χ4v) is 1.54. The lowest BCUT2D eigenvalue weighted by atomic mass is 10.3. The van der Waals surface area contributed by atoms with Gasteiger partial charge in [0.15, 0.2) is 5.75 Å². The smallest absolute Gasteiger partial charge is 0.302 e. The van der Waals surface area contributed by atoms with Crippen molar-refractivity contribution >= 4 is 20.2 Å². The Kier molecular flexibility index (Phi) is 5.42. The number of hydrogen-bond acceptors (Lipinski definition) is 5. The van der Waals surface area contributed by atoms with Crippen LogP contribution in [0.3, 0.4) is 0 Å². The number of hydrogen-bond donors (Lipinski definition) is 2. The summed E-state index contributed by atoms with van der Waals surface area (Å²) in [7, 11) is -0.559. The molecule has 0 spiro atoms. The Bertz CT molecular complexity index is 355. The van der Waals surface area contributed by atoms with Crippen LogP contribution in [0.1, 0.15) is 0 Å². The van der Waals surface area contributed by atoms with E-state index in [1.54, 1.807) is 24.3 Å². The third-order valence-electron chi connectivity index (χ3n) is 1.57. The zero-order valence-corrected chi connectivity index (χ0v) is 9.57. The minimum absolute atomic E-state index is 0.00147. The lowest BCUT2D eigenvalue weighted by molar-refractivity contribution is -0.106. The highest BCUT2D eigenvalue weighted by molar-refractivity contribution is 7.37. The maximum absolute atomic E-state index is 11.2. The first-order chi connectivity index (χ1) is 7.76. The SMILES string of the molecule is CONc1ccc(O[P+](=O)NCC=O)cc1. The molecular formula is C9H12N2O4P+. The van der Waals surface area contributed by atoms with Crippen LogP contribution in [0.25, 0.3) is 0 Å². The van der Waals surface area contributed by atoms with Crippen molar-refractivity contribution in [3.8, 4) is 5.75 Å². The van der Waals surface area contributed by atoms with Gasteiger partial charge in [-0.05, 0) is 24.3 Å². The maximum atomic E-state index is 11.2. The van der Waals surface area contributed by atoms with Gasteiger partial charge in [-0.3, -0.25) is 10.3 Å². The molecule has 0 saturated carbocycles. The summed E-state index contributed by atoms with van der Waals surface area (Å²) in [5.41, 5.74) is 3.39. The van der Waals surface area contributed by atoms with Crippen LogP contribution in [0.15, 0.2) is 24.3 Å². The third-order valence-corrected chi connectivity index (χ3v) is 2.38. The van der Waals surface area contributed by atoms with E-state index in [9.17, 15) is 9.36 Å². The molecule has 16 heavy (non-hydrogen) atoms. The van der Waals surface area contributed by atoms with Crippen molar-refractivity contribution in [2.45, 2.75) is 0 Å². The largest absolute Gasteiger partial charge is 0.664 e. The number of rotatable bonds is 7. The van der Waals surface area contributed by atoms with Crippen molar-refractivity contribution in [3.63, 3.8) is 0 Å². The summed E-state index contributed by atoms with van der Waals surface area (Å²) in [5, 5.41) is 2.40. The number of anilines is 1. The molecule has 7 heteroatoms. The molecular weight excluding hydrogens is 231 g/mol. The molecule has 0 aliphatic carbocycles. The fourth-order valence-electron chi connectivity index (χ4n) is 0.942. The van der Waals surface area contributed by atoms with Crippen LogP contribution < -0.4 is 15.1 Å². The zero-order valence-electron chi connectivity index (χ0n) is 8.67. The minimum Gasteiger partial charge on any atom is -0.302 e.